The van der Waals surface area contributed by atoms with Gasteiger partial charge in [0.2, 0.25) is 0 Å². The maximum absolute atomic E-state index is 11.9. The number of amides is 1. The monoisotopic (exact) mass is 292 g/mol. The van der Waals surface area contributed by atoms with Crippen LogP contribution in [0.3, 0.4) is 0 Å². The van der Waals surface area contributed by atoms with Crippen molar-refractivity contribution >= 4 is 17.6 Å². The lowest BCUT2D eigenvalue weighted by Gasteiger charge is -2.12. The van der Waals surface area contributed by atoms with Gasteiger partial charge in [-0.05, 0) is 19.9 Å². The van der Waals surface area contributed by atoms with Crippen LogP contribution in [-0.4, -0.2) is 29.4 Å². The summed E-state index contributed by atoms with van der Waals surface area (Å²) in [7, 11) is 0. The Morgan fingerprint density at radius 1 is 1.52 bits per heavy atom. The van der Waals surface area contributed by atoms with E-state index in [9.17, 15) is 19.7 Å². The first kappa shape index (κ1) is 16.4. The molecule has 0 spiro atoms. The fraction of sp³-hybridized carbons (Fsp3) is 0.286. The molecule has 21 heavy (non-hydrogen) atoms. The van der Waals surface area contributed by atoms with Gasteiger partial charge in [0.25, 0.3) is 11.6 Å². The first-order chi connectivity index (χ1) is 9.86. The van der Waals surface area contributed by atoms with E-state index in [0.29, 0.717) is 5.56 Å². The summed E-state index contributed by atoms with van der Waals surface area (Å²) in [6.07, 6.45) is 0.494. The molecule has 0 aliphatic heterocycles. The standard InChI is InChI=1S/C14H16N2O5/c1-4-7-15-13(17)10(3)21-14(18)11-6-5-9(2)12(8-11)16(19)20/h4-6,8,10H,1,7H2,2-3H3,(H,15,17)/t10-/m0/s1. The third kappa shape index (κ3) is 4.41. The minimum absolute atomic E-state index is 0.0238. The minimum atomic E-state index is -1.00. The number of rotatable bonds is 6. The van der Waals surface area contributed by atoms with Gasteiger partial charge in [0.1, 0.15) is 0 Å². The number of nitro benzene ring substituents is 1. The summed E-state index contributed by atoms with van der Waals surface area (Å²) in [5.74, 6) is -1.26. The Morgan fingerprint density at radius 3 is 2.76 bits per heavy atom. The Kier molecular flexibility index (Phi) is 5.59. The van der Waals surface area contributed by atoms with Gasteiger partial charge in [-0.2, -0.15) is 0 Å². The number of nitro groups is 1. The maximum atomic E-state index is 11.9. The highest BCUT2D eigenvalue weighted by Gasteiger charge is 2.20. The van der Waals surface area contributed by atoms with E-state index in [1.165, 1.54) is 25.1 Å². The highest BCUT2D eigenvalue weighted by atomic mass is 16.6. The van der Waals surface area contributed by atoms with Crippen molar-refractivity contribution in [2.45, 2.75) is 20.0 Å². The summed E-state index contributed by atoms with van der Waals surface area (Å²) >= 11 is 0. The molecule has 1 aromatic carbocycles. The predicted molar refractivity (Wildman–Crippen MR) is 75.9 cm³/mol. The number of nitrogens with zero attached hydrogens (tertiary/aromatic N) is 1. The van der Waals surface area contributed by atoms with Crippen molar-refractivity contribution in [3.05, 3.63) is 52.1 Å². The molecule has 1 aromatic rings. The number of hydrogen-bond donors (Lipinski definition) is 1. The van der Waals surface area contributed by atoms with E-state index in [2.05, 4.69) is 11.9 Å². The number of ether oxygens (including phenoxy) is 1. The number of carbonyl (C=O) groups is 2. The lowest BCUT2D eigenvalue weighted by molar-refractivity contribution is -0.385. The molecular weight excluding hydrogens is 276 g/mol. The molecule has 0 aromatic heterocycles. The third-order valence-electron chi connectivity index (χ3n) is 2.72. The van der Waals surface area contributed by atoms with Crippen LogP contribution in [0.4, 0.5) is 5.69 Å². The molecule has 0 fully saturated rings. The van der Waals surface area contributed by atoms with E-state index in [0.717, 1.165) is 6.07 Å². The Balaban J connectivity index is 2.80. The third-order valence-corrected chi connectivity index (χ3v) is 2.72. The lowest BCUT2D eigenvalue weighted by atomic mass is 10.1. The fourth-order valence-corrected chi connectivity index (χ4v) is 1.53. The molecule has 0 radical (unpaired) electrons. The Labute approximate surface area is 121 Å². The Bertz CT molecular complexity index is 583. The van der Waals surface area contributed by atoms with Crippen LogP contribution in [0, 0.1) is 17.0 Å². The van der Waals surface area contributed by atoms with Gasteiger partial charge in [-0.1, -0.05) is 12.1 Å². The van der Waals surface area contributed by atoms with Gasteiger partial charge in [0, 0.05) is 18.2 Å². The van der Waals surface area contributed by atoms with E-state index in [4.69, 9.17) is 4.74 Å². The predicted octanol–water partition coefficient (Wildman–Crippen LogP) is 1.75. The fourth-order valence-electron chi connectivity index (χ4n) is 1.53. The molecule has 0 aliphatic rings. The van der Waals surface area contributed by atoms with Crippen molar-refractivity contribution < 1.29 is 19.2 Å². The van der Waals surface area contributed by atoms with Crippen molar-refractivity contribution in [3.8, 4) is 0 Å². The van der Waals surface area contributed by atoms with Crippen LogP contribution in [0.25, 0.3) is 0 Å². The summed E-state index contributed by atoms with van der Waals surface area (Å²) in [5.41, 5.74) is 0.289. The van der Waals surface area contributed by atoms with Crippen molar-refractivity contribution in [2.24, 2.45) is 0 Å². The molecule has 1 rings (SSSR count). The van der Waals surface area contributed by atoms with Crippen LogP contribution in [0.15, 0.2) is 30.9 Å². The Morgan fingerprint density at radius 2 is 2.19 bits per heavy atom. The zero-order valence-corrected chi connectivity index (χ0v) is 11.8. The van der Waals surface area contributed by atoms with E-state index in [-0.39, 0.29) is 17.8 Å². The number of esters is 1. The highest BCUT2D eigenvalue weighted by molar-refractivity contribution is 5.93. The second-order valence-corrected chi connectivity index (χ2v) is 4.34. The summed E-state index contributed by atoms with van der Waals surface area (Å²) < 4.78 is 4.96. The number of benzene rings is 1. The molecule has 112 valence electrons. The van der Waals surface area contributed by atoms with Gasteiger partial charge >= 0.3 is 5.97 Å². The molecule has 0 heterocycles. The van der Waals surface area contributed by atoms with Crippen LogP contribution in [0.1, 0.15) is 22.8 Å². The van der Waals surface area contributed by atoms with Crippen molar-refractivity contribution in [2.75, 3.05) is 6.54 Å². The zero-order chi connectivity index (χ0) is 16.0. The molecule has 0 saturated heterocycles. The quantitative estimate of drug-likeness (QED) is 0.373. The number of aryl methyl sites for hydroxylation is 1. The molecule has 1 amide bonds. The molecule has 1 atom stereocenters. The number of hydrogen-bond acceptors (Lipinski definition) is 5. The molecule has 7 heteroatoms. The molecule has 0 bridgehead atoms. The van der Waals surface area contributed by atoms with Gasteiger partial charge < -0.3 is 10.1 Å². The second kappa shape index (κ2) is 7.18. The number of nitrogens with one attached hydrogen (secondary N) is 1. The topological polar surface area (TPSA) is 98.5 Å². The summed E-state index contributed by atoms with van der Waals surface area (Å²) in [6, 6.07) is 4.00. The van der Waals surface area contributed by atoms with Crippen molar-refractivity contribution in [1.29, 1.82) is 0 Å². The lowest BCUT2D eigenvalue weighted by Crippen LogP contribution is -2.35. The van der Waals surface area contributed by atoms with Gasteiger partial charge in [-0.15, -0.1) is 6.58 Å². The van der Waals surface area contributed by atoms with E-state index in [1.807, 2.05) is 0 Å². The summed E-state index contributed by atoms with van der Waals surface area (Å²) in [6.45, 7) is 6.69. The first-order valence-corrected chi connectivity index (χ1v) is 6.21. The average molecular weight is 292 g/mol. The van der Waals surface area contributed by atoms with Crippen LogP contribution < -0.4 is 5.32 Å². The molecule has 7 nitrogen and oxygen atoms in total. The average Bonchev–Trinajstić information content (AvgIpc) is 2.44. The van der Waals surface area contributed by atoms with Crippen molar-refractivity contribution in [1.82, 2.24) is 5.32 Å². The van der Waals surface area contributed by atoms with Crippen LogP contribution in [0.2, 0.25) is 0 Å². The molecule has 1 N–H and O–H groups in total. The largest absolute Gasteiger partial charge is 0.449 e. The SMILES string of the molecule is C=CCNC(=O)[C@H](C)OC(=O)c1ccc(C)c([N+](=O)[O-])c1. The van der Waals surface area contributed by atoms with E-state index >= 15 is 0 Å². The first-order valence-electron chi connectivity index (χ1n) is 6.21. The van der Waals surface area contributed by atoms with Gasteiger partial charge in [0.05, 0.1) is 10.5 Å². The van der Waals surface area contributed by atoms with Crippen LogP contribution in [-0.2, 0) is 9.53 Å². The second-order valence-electron chi connectivity index (χ2n) is 4.34. The van der Waals surface area contributed by atoms with E-state index in [1.54, 1.807) is 6.92 Å². The normalized spacial score (nSPS) is 11.3. The zero-order valence-electron chi connectivity index (χ0n) is 11.8. The molecule has 0 unspecified atom stereocenters. The molecule has 0 aliphatic carbocycles. The van der Waals surface area contributed by atoms with Crippen molar-refractivity contribution in [3.63, 3.8) is 0 Å². The van der Waals surface area contributed by atoms with Crippen LogP contribution >= 0.6 is 0 Å². The van der Waals surface area contributed by atoms with E-state index < -0.39 is 22.9 Å². The maximum Gasteiger partial charge on any atom is 0.339 e. The van der Waals surface area contributed by atoms with Gasteiger partial charge in [0.15, 0.2) is 6.10 Å². The summed E-state index contributed by atoms with van der Waals surface area (Å²) in [4.78, 5) is 33.7. The number of carbonyl (C=O) groups excluding carboxylic acids is 2. The van der Waals surface area contributed by atoms with Crippen LogP contribution in [0.5, 0.6) is 0 Å². The smallest absolute Gasteiger partial charge is 0.339 e. The molecule has 0 saturated carbocycles. The van der Waals surface area contributed by atoms with Gasteiger partial charge in [-0.3, -0.25) is 14.9 Å². The minimum Gasteiger partial charge on any atom is -0.449 e. The highest BCUT2D eigenvalue weighted by Crippen LogP contribution is 2.20. The summed E-state index contributed by atoms with van der Waals surface area (Å²) in [5, 5.41) is 13.3. The van der Waals surface area contributed by atoms with Gasteiger partial charge in [-0.25, -0.2) is 4.79 Å². The Hall–Kier alpha value is -2.70. The molecular formula is C14H16N2O5.